The normalized spacial score (nSPS) is 26.2. The number of halogens is 6. The molecule has 2 aliphatic carbocycles. The van der Waals surface area contributed by atoms with E-state index in [4.69, 9.17) is 27.9 Å². The molecule has 6 atom stereocenters. The molecule has 4 aromatic rings. The molecule has 3 fully saturated rings. The van der Waals surface area contributed by atoms with Crippen LogP contribution >= 0.6 is 57.1 Å². The molecule has 0 radical (unpaired) electrons. The number of amides is 4. The van der Waals surface area contributed by atoms with E-state index in [1.807, 2.05) is 46.2 Å². The fourth-order valence-electron chi connectivity index (χ4n) is 8.85. The Hall–Kier alpha value is -4.19. The maximum atomic E-state index is 15.4. The molecule has 1 saturated carbocycles. The van der Waals surface area contributed by atoms with Crippen LogP contribution in [0.3, 0.4) is 0 Å². The second-order valence-corrected chi connectivity index (χ2v) is 16.9. The molecular weight excluding hydrogens is 895 g/mol. The summed E-state index contributed by atoms with van der Waals surface area (Å²) in [5, 5.41) is 13.4. The number of nitrogens with one attached hydrogen (secondary N) is 1. The lowest BCUT2D eigenvalue weighted by atomic mass is 9.49. The van der Waals surface area contributed by atoms with E-state index in [-0.39, 0.29) is 48.5 Å². The molecule has 10 nitrogen and oxygen atoms in total. The molecule has 2 aromatic carbocycles. The van der Waals surface area contributed by atoms with Crippen molar-refractivity contribution < 1.29 is 42.2 Å². The molecule has 55 heavy (non-hydrogen) atoms. The fourth-order valence-corrected chi connectivity index (χ4v) is 10.5. The molecule has 0 bridgehead atoms. The number of ether oxygens (including phenoxy) is 1. The van der Waals surface area contributed by atoms with E-state index in [1.165, 1.54) is 23.3 Å². The summed E-state index contributed by atoms with van der Waals surface area (Å²) in [5.74, 6) is -6.97. The summed E-state index contributed by atoms with van der Waals surface area (Å²) in [6.45, 7) is 0.106. The Bertz CT molecular complexity index is 2310. The van der Waals surface area contributed by atoms with E-state index in [0.29, 0.717) is 37.6 Å². The predicted molar refractivity (Wildman–Crippen MR) is 204 cm³/mol. The average Bonchev–Trinajstić information content (AvgIpc) is 3.81. The number of alkyl halides is 3. The van der Waals surface area contributed by atoms with Crippen molar-refractivity contribution in [2.75, 3.05) is 12.5 Å². The Morgan fingerprint density at radius 2 is 1.80 bits per heavy atom. The van der Waals surface area contributed by atoms with Gasteiger partial charge in [0.05, 0.1) is 51.0 Å². The number of carbonyl (C=O) groups is 4. The van der Waals surface area contributed by atoms with Gasteiger partial charge in [0, 0.05) is 22.0 Å². The van der Waals surface area contributed by atoms with Crippen molar-refractivity contribution in [2.24, 2.45) is 23.7 Å². The van der Waals surface area contributed by atoms with Gasteiger partial charge >= 0.3 is 6.18 Å². The van der Waals surface area contributed by atoms with Gasteiger partial charge in [-0.3, -0.25) is 29.5 Å². The molecule has 2 N–H and O–H groups in total. The summed E-state index contributed by atoms with van der Waals surface area (Å²) < 4.78 is 46.4. The molecule has 284 valence electrons. The zero-order chi connectivity index (χ0) is 39.1. The Kier molecular flexibility index (Phi) is 9.45. The van der Waals surface area contributed by atoms with Crippen LogP contribution in [0.4, 0.5) is 19.0 Å². The third-order valence-corrected chi connectivity index (χ3v) is 13.4. The zero-order valence-corrected chi connectivity index (χ0v) is 32.9. The predicted octanol–water partition coefficient (Wildman–Crippen LogP) is 7.97. The van der Waals surface area contributed by atoms with Crippen molar-refractivity contribution in [3.05, 3.63) is 113 Å². The van der Waals surface area contributed by atoms with Crippen LogP contribution in [0.2, 0.25) is 10.0 Å². The molecule has 4 heterocycles. The SMILES string of the molecule is COc1cc([C@H]2C3=CC[C@@H]4C(=O)N(Cc5cccs5)C(=O)[C@@H]4[C@@H]3C[C@H]3C(=O)N(Nc4ncc(C(F)(F)F)cc4Cl)C(=O)[C@@]23c2ccc(Cl)cc2)cc(I)c1O. The number of phenolic OH excluding ortho intramolecular Hbond substituents is 1. The molecule has 0 unspecified atom stereocenters. The summed E-state index contributed by atoms with van der Waals surface area (Å²) in [7, 11) is 1.38. The molecule has 17 heteroatoms. The van der Waals surface area contributed by atoms with Crippen molar-refractivity contribution in [1.29, 1.82) is 0 Å². The van der Waals surface area contributed by atoms with Gasteiger partial charge in [-0.1, -0.05) is 53.1 Å². The number of aromatic nitrogens is 1. The molecule has 0 spiro atoms. The highest BCUT2D eigenvalue weighted by Crippen LogP contribution is 2.64. The third-order valence-electron chi connectivity index (χ3n) is 11.1. The number of imide groups is 2. The highest BCUT2D eigenvalue weighted by molar-refractivity contribution is 14.1. The second-order valence-electron chi connectivity index (χ2n) is 13.8. The number of phenols is 1. The second kappa shape index (κ2) is 13.8. The van der Waals surface area contributed by atoms with Crippen LogP contribution in [0.25, 0.3) is 0 Å². The number of benzene rings is 2. The third kappa shape index (κ3) is 5.91. The van der Waals surface area contributed by atoms with Gasteiger partial charge < -0.3 is 9.84 Å². The number of rotatable bonds is 7. The summed E-state index contributed by atoms with van der Waals surface area (Å²) in [6, 6.07) is 14.0. The van der Waals surface area contributed by atoms with Crippen LogP contribution in [0.5, 0.6) is 11.5 Å². The van der Waals surface area contributed by atoms with Crippen LogP contribution in [0.15, 0.2) is 77.8 Å². The van der Waals surface area contributed by atoms with Crippen molar-refractivity contribution in [2.45, 2.75) is 36.9 Å². The van der Waals surface area contributed by atoms with Gasteiger partial charge in [-0.25, -0.2) is 4.98 Å². The monoisotopic (exact) mass is 922 g/mol. The average molecular weight is 924 g/mol. The summed E-state index contributed by atoms with van der Waals surface area (Å²) in [4.78, 5) is 64.4. The quantitative estimate of drug-likeness (QED) is 0.109. The molecule has 2 aliphatic heterocycles. The number of hydrogen-bond acceptors (Lipinski definition) is 9. The molecule has 2 aromatic heterocycles. The number of hydrazine groups is 1. The molecule has 4 aliphatic rings. The van der Waals surface area contributed by atoms with E-state index in [9.17, 15) is 32.7 Å². The van der Waals surface area contributed by atoms with E-state index < -0.39 is 63.6 Å². The number of aromatic hydroxyl groups is 1. The van der Waals surface area contributed by atoms with Gasteiger partial charge in [-0.2, -0.15) is 18.2 Å². The molecule has 2 saturated heterocycles. The lowest BCUT2D eigenvalue weighted by molar-refractivity contribution is -0.142. The number of pyridine rings is 1. The fraction of sp³-hybridized carbons (Fsp3) is 0.289. The Morgan fingerprint density at radius 1 is 1.05 bits per heavy atom. The smallest absolute Gasteiger partial charge is 0.417 e. The van der Waals surface area contributed by atoms with Crippen molar-refractivity contribution in [3.8, 4) is 11.5 Å². The van der Waals surface area contributed by atoms with E-state index in [2.05, 4.69) is 10.4 Å². The van der Waals surface area contributed by atoms with Gasteiger partial charge in [0.2, 0.25) is 11.8 Å². The van der Waals surface area contributed by atoms with E-state index in [0.717, 1.165) is 9.89 Å². The molecular formula is C38H28Cl2F3IN4O6S. The number of thiophene rings is 1. The number of likely N-dealkylation sites (tertiary alicyclic amines) is 1. The maximum Gasteiger partial charge on any atom is 0.417 e. The van der Waals surface area contributed by atoms with Crippen molar-refractivity contribution in [3.63, 3.8) is 0 Å². The minimum Gasteiger partial charge on any atom is -0.504 e. The molecule has 4 amide bonds. The lowest BCUT2D eigenvalue weighted by Crippen LogP contribution is -2.53. The summed E-state index contributed by atoms with van der Waals surface area (Å²) >= 11 is 16.0. The summed E-state index contributed by atoms with van der Waals surface area (Å²) in [6.07, 6.45) is -2.15. The minimum atomic E-state index is -4.75. The number of allylic oxidation sites excluding steroid dienone is 2. The van der Waals surface area contributed by atoms with Crippen LogP contribution in [0, 0.1) is 27.2 Å². The zero-order valence-electron chi connectivity index (χ0n) is 28.4. The van der Waals surface area contributed by atoms with Gasteiger partial charge in [-0.05, 0) is 94.3 Å². The standard InChI is InChI=1S/C38H28Cl2F3IN4O6S/c1-54-28-12-17(11-27(44)31(28)49)30-22-8-9-23-29(35(52)47(33(23)50)16-21-3-2-10-55-21)24(22)14-25-34(51)48(36(53)37(25,30)18-4-6-20(39)7-5-18)46-32-26(40)13-19(15-45-32)38(41,42)43/h2-8,10-13,15,23-25,29-30,49H,9,14,16H2,1H3,(H,45,46)/t23-,24+,25-,29-,30-,37+/m0/s1. The van der Waals surface area contributed by atoms with Crippen LogP contribution in [0.1, 0.15) is 40.3 Å². The van der Waals surface area contributed by atoms with Gasteiger partial charge in [-0.15, -0.1) is 11.3 Å². The lowest BCUT2D eigenvalue weighted by Gasteiger charge is -2.50. The maximum absolute atomic E-state index is 15.4. The Labute approximate surface area is 339 Å². The molecule has 8 rings (SSSR count). The van der Waals surface area contributed by atoms with Crippen molar-refractivity contribution >= 4 is 86.6 Å². The van der Waals surface area contributed by atoms with Gasteiger partial charge in [0.25, 0.3) is 11.8 Å². The van der Waals surface area contributed by atoms with Crippen LogP contribution < -0.4 is 10.2 Å². The minimum absolute atomic E-state index is 0.0266. The highest BCUT2D eigenvalue weighted by atomic mass is 127. The highest BCUT2D eigenvalue weighted by Gasteiger charge is 2.70. The van der Waals surface area contributed by atoms with E-state index in [1.54, 1.807) is 36.4 Å². The number of methoxy groups -OCH3 is 1. The number of carbonyl (C=O) groups excluding carboxylic acids is 4. The van der Waals surface area contributed by atoms with E-state index >= 15 is 4.79 Å². The number of anilines is 1. The largest absolute Gasteiger partial charge is 0.504 e. The first-order valence-electron chi connectivity index (χ1n) is 16.9. The number of nitrogens with zero attached hydrogens (tertiary/aromatic N) is 3. The van der Waals surface area contributed by atoms with Gasteiger partial charge in [0.15, 0.2) is 17.3 Å². The summed E-state index contributed by atoms with van der Waals surface area (Å²) in [5.41, 5.74) is 1.30. The first-order chi connectivity index (χ1) is 26.2. The van der Waals surface area contributed by atoms with Gasteiger partial charge in [0.1, 0.15) is 0 Å². The first kappa shape index (κ1) is 37.7. The Morgan fingerprint density at radius 3 is 2.45 bits per heavy atom. The van der Waals surface area contributed by atoms with Crippen molar-refractivity contribution in [1.82, 2.24) is 14.9 Å². The Balaban J connectivity index is 1.32. The van der Waals surface area contributed by atoms with Crippen LogP contribution in [-0.4, -0.2) is 50.7 Å². The number of fused-ring (bicyclic) bond motifs is 4. The first-order valence-corrected chi connectivity index (χ1v) is 19.7. The van der Waals surface area contributed by atoms with Crippen LogP contribution in [-0.2, 0) is 37.3 Å². The topological polar surface area (TPSA) is 129 Å². The number of hydrogen-bond donors (Lipinski definition) is 2.